The molecule has 1 aromatic rings. The van der Waals surface area contributed by atoms with E-state index in [1.54, 1.807) is 14.1 Å². The van der Waals surface area contributed by atoms with Crippen LogP contribution in [0.25, 0.3) is 0 Å². The second-order valence-corrected chi connectivity index (χ2v) is 4.35. The Morgan fingerprint density at radius 2 is 1.95 bits per heavy atom. The fraction of sp³-hybridized carbons (Fsp3) is 0.500. The lowest BCUT2D eigenvalue weighted by atomic mass is 10.3. The van der Waals surface area contributed by atoms with Crippen LogP contribution in [0, 0.1) is 10.1 Å². The van der Waals surface area contributed by atoms with E-state index in [1.807, 2.05) is 6.92 Å². The van der Waals surface area contributed by atoms with Crippen LogP contribution >= 0.6 is 0 Å². The fourth-order valence-electron chi connectivity index (χ4n) is 1.50. The zero-order valence-corrected chi connectivity index (χ0v) is 11.8. The maximum absolute atomic E-state index is 11.4. The summed E-state index contributed by atoms with van der Waals surface area (Å²) in [4.78, 5) is 27.5. The first-order valence-electron chi connectivity index (χ1n) is 6.28. The maximum atomic E-state index is 11.4. The molecule has 8 nitrogen and oxygen atoms in total. The number of amides is 1. The van der Waals surface area contributed by atoms with Crippen LogP contribution < -0.4 is 10.6 Å². The molecule has 110 valence electrons. The standard InChI is InChI=1S/C12H19N5O3/c1-4-13-10-7-9(17(19)20)8-11(15-10)14-6-5-12(18)16(2)3/h7-8H,4-6H2,1-3H3,(H2,13,14,15). The van der Waals surface area contributed by atoms with E-state index in [-0.39, 0.29) is 11.6 Å². The number of hydrogen-bond donors (Lipinski definition) is 2. The van der Waals surface area contributed by atoms with Crippen LogP contribution in [0.2, 0.25) is 0 Å². The zero-order chi connectivity index (χ0) is 15.1. The molecule has 1 amide bonds. The second-order valence-electron chi connectivity index (χ2n) is 4.35. The van der Waals surface area contributed by atoms with Gasteiger partial charge in [-0.1, -0.05) is 0 Å². The highest BCUT2D eigenvalue weighted by molar-refractivity contribution is 5.76. The van der Waals surface area contributed by atoms with Crippen molar-refractivity contribution in [1.29, 1.82) is 0 Å². The Labute approximate surface area is 117 Å². The number of hydrogen-bond acceptors (Lipinski definition) is 6. The van der Waals surface area contributed by atoms with Gasteiger partial charge in [-0.25, -0.2) is 4.98 Å². The summed E-state index contributed by atoms with van der Waals surface area (Å²) in [6, 6.07) is 2.72. The van der Waals surface area contributed by atoms with E-state index >= 15 is 0 Å². The van der Waals surface area contributed by atoms with Gasteiger partial charge in [0, 0.05) is 33.6 Å². The van der Waals surface area contributed by atoms with E-state index in [2.05, 4.69) is 15.6 Å². The van der Waals surface area contributed by atoms with Gasteiger partial charge in [0.2, 0.25) is 5.91 Å². The molecular weight excluding hydrogens is 262 g/mol. The summed E-state index contributed by atoms with van der Waals surface area (Å²) in [5.74, 6) is 0.791. The third kappa shape index (κ3) is 4.71. The lowest BCUT2D eigenvalue weighted by Crippen LogP contribution is -2.24. The molecule has 0 atom stereocenters. The highest BCUT2D eigenvalue weighted by Crippen LogP contribution is 2.20. The number of pyridine rings is 1. The Bertz CT molecular complexity index is 490. The second kappa shape index (κ2) is 7.27. The number of nitro groups is 1. The molecule has 0 aromatic carbocycles. The molecule has 0 fully saturated rings. The molecule has 2 N–H and O–H groups in total. The number of anilines is 2. The number of nitrogens with one attached hydrogen (secondary N) is 2. The lowest BCUT2D eigenvalue weighted by Gasteiger charge is -2.11. The first kappa shape index (κ1) is 15.7. The van der Waals surface area contributed by atoms with Gasteiger partial charge in [0.15, 0.2) is 0 Å². The van der Waals surface area contributed by atoms with Crippen molar-refractivity contribution in [3.63, 3.8) is 0 Å². The molecule has 0 aliphatic carbocycles. The third-order valence-electron chi connectivity index (χ3n) is 2.52. The number of carbonyl (C=O) groups excluding carboxylic acids is 1. The molecule has 0 bridgehead atoms. The highest BCUT2D eigenvalue weighted by atomic mass is 16.6. The molecule has 0 radical (unpaired) electrons. The van der Waals surface area contributed by atoms with Crippen LogP contribution in [-0.2, 0) is 4.79 Å². The minimum atomic E-state index is -0.474. The molecule has 0 unspecified atom stereocenters. The normalized spacial score (nSPS) is 9.95. The van der Waals surface area contributed by atoms with E-state index < -0.39 is 4.92 Å². The Balaban J connectivity index is 2.73. The highest BCUT2D eigenvalue weighted by Gasteiger charge is 2.11. The topological polar surface area (TPSA) is 100 Å². The van der Waals surface area contributed by atoms with Crippen LogP contribution in [0.5, 0.6) is 0 Å². The number of carbonyl (C=O) groups is 1. The first-order valence-corrected chi connectivity index (χ1v) is 6.28. The number of nitrogens with zero attached hydrogens (tertiary/aromatic N) is 3. The smallest absolute Gasteiger partial charge is 0.276 e. The minimum absolute atomic E-state index is 0.0187. The summed E-state index contributed by atoms with van der Waals surface area (Å²) in [7, 11) is 3.36. The molecule has 1 rings (SSSR count). The van der Waals surface area contributed by atoms with Crippen molar-refractivity contribution in [3.8, 4) is 0 Å². The third-order valence-corrected chi connectivity index (χ3v) is 2.52. The number of aromatic nitrogens is 1. The Kier molecular flexibility index (Phi) is 5.70. The van der Waals surface area contributed by atoms with Crippen molar-refractivity contribution >= 4 is 23.2 Å². The summed E-state index contributed by atoms with van der Waals surface area (Å²) in [6.07, 6.45) is 0.300. The average molecular weight is 281 g/mol. The van der Waals surface area contributed by atoms with Gasteiger partial charge in [-0.2, -0.15) is 0 Å². The largest absolute Gasteiger partial charge is 0.370 e. The summed E-state index contributed by atoms with van der Waals surface area (Å²) >= 11 is 0. The Hall–Kier alpha value is -2.38. The van der Waals surface area contributed by atoms with Crippen molar-refractivity contribution < 1.29 is 9.72 Å². The summed E-state index contributed by atoms with van der Waals surface area (Å²) < 4.78 is 0. The van der Waals surface area contributed by atoms with Crippen LogP contribution in [-0.4, -0.2) is 47.9 Å². The van der Waals surface area contributed by atoms with Crippen LogP contribution in [0.3, 0.4) is 0 Å². The van der Waals surface area contributed by atoms with Crippen LogP contribution in [0.1, 0.15) is 13.3 Å². The average Bonchev–Trinajstić information content (AvgIpc) is 2.38. The molecule has 8 heteroatoms. The van der Waals surface area contributed by atoms with E-state index in [9.17, 15) is 14.9 Å². The maximum Gasteiger partial charge on any atom is 0.276 e. The van der Waals surface area contributed by atoms with Gasteiger partial charge < -0.3 is 15.5 Å². The van der Waals surface area contributed by atoms with Crippen molar-refractivity contribution in [1.82, 2.24) is 9.88 Å². The predicted octanol–water partition coefficient (Wildman–Crippen LogP) is 1.31. The van der Waals surface area contributed by atoms with Gasteiger partial charge in [0.05, 0.1) is 17.1 Å². The molecule has 0 saturated carbocycles. The zero-order valence-electron chi connectivity index (χ0n) is 11.8. The van der Waals surface area contributed by atoms with Crippen LogP contribution in [0.15, 0.2) is 12.1 Å². The Morgan fingerprint density at radius 3 is 2.45 bits per heavy atom. The Morgan fingerprint density at radius 1 is 1.35 bits per heavy atom. The van der Waals surface area contributed by atoms with E-state index in [0.717, 1.165) is 0 Å². The van der Waals surface area contributed by atoms with E-state index in [1.165, 1.54) is 17.0 Å². The van der Waals surface area contributed by atoms with Gasteiger partial charge in [-0.05, 0) is 6.92 Å². The quantitative estimate of drug-likeness (QED) is 0.577. The number of rotatable bonds is 7. The van der Waals surface area contributed by atoms with Crippen molar-refractivity contribution in [3.05, 3.63) is 22.2 Å². The van der Waals surface area contributed by atoms with Crippen molar-refractivity contribution in [2.45, 2.75) is 13.3 Å². The van der Waals surface area contributed by atoms with Crippen molar-refractivity contribution in [2.24, 2.45) is 0 Å². The summed E-state index contributed by atoms with van der Waals surface area (Å²) in [6.45, 7) is 2.87. The summed E-state index contributed by atoms with van der Waals surface area (Å²) in [5.41, 5.74) is -0.0441. The van der Waals surface area contributed by atoms with E-state index in [4.69, 9.17) is 0 Å². The van der Waals surface area contributed by atoms with Gasteiger partial charge in [0.25, 0.3) is 5.69 Å². The van der Waals surface area contributed by atoms with Crippen LogP contribution in [0.4, 0.5) is 17.3 Å². The molecule has 0 spiro atoms. The lowest BCUT2D eigenvalue weighted by molar-refractivity contribution is -0.384. The monoisotopic (exact) mass is 281 g/mol. The van der Waals surface area contributed by atoms with Gasteiger partial charge in [-0.15, -0.1) is 0 Å². The first-order chi connectivity index (χ1) is 9.43. The molecule has 0 aliphatic heterocycles. The van der Waals surface area contributed by atoms with Crippen molar-refractivity contribution in [2.75, 3.05) is 37.8 Å². The minimum Gasteiger partial charge on any atom is -0.370 e. The van der Waals surface area contributed by atoms with E-state index in [0.29, 0.717) is 31.1 Å². The molecule has 0 aliphatic rings. The van der Waals surface area contributed by atoms with Gasteiger partial charge >= 0.3 is 0 Å². The SMILES string of the molecule is CCNc1cc([N+](=O)[O-])cc(NCCC(=O)N(C)C)n1. The molecule has 20 heavy (non-hydrogen) atoms. The fourth-order valence-corrected chi connectivity index (χ4v) is 1.50. The van der Waals surface area contributed by atoms with Gasteiger partial charge in [-0.3, -0.25) is 14.9 Å². The molecule has 0 saturated heterocycles. The molecule has 1 aromatic heterocycles. The van der Waals surface area contributed by atoms with Gasteiger partial charge in [0.1, 0.15) is 11.6 Å². The predicted molar refractivity (Wildman–Crippen MR) is 76.9 cm³/mol. The molecular formula is C12H19N5O3. The molecule has 1 heterocycles. The summed E-state index contributed by atoms with van der Waals surface area (Å²) in [5, 5.41) is 16.7.